The van der Waals surface area contributed by atoms with Gasteiger partial charge in [-0.05, 0) is 13.3 Å². The zero-order chi connectivity index (χ0) is 20.2. The minimum Gasteiger partial charge on any atom is -0.481 e. The van der Waals surface area contributed by atoms with Crippen LogP contribution >= 0.6 is 0 Å². The quantitative estimate of drug-likeness (QED) is 0.225. The van der Waals surface area contributed by atoms with Crippen LogP contribution in [0.3, 0.4) is 0 Å². The van der Waals surface area contributed by atoms with Crippen LogP contribution in [0.15, 0.2) is 0 Å². The van der Waals surface area contributed by atoms with Crippen molar-refractivity contribution in [2.45, 2.75) is 77.2 Å². The molecule has 2 atom stereocenters. The van der Waals surface area contributed by atoms with E-state index in [2.05, 4.69) is 6.92 Å². The SMILES string of the molecule is CCCCCCCCCCOC(=O)C(C(C)=O)C(O)(CC(=O)O)C(=O)O. The van der Waals surface area contributed by atoms with Crippen molar-refractivity contribution in [2.24, 2.45) is 5.92 Å². The average molecular weight is 374 g/mol. The molecule has 0 saturated heterocycles. The van der Waals surface area contributed by atoms with Crippen LogP contribution in [0.25, 0.3) is 0 Å². The van der Waals surface area contributed by atoms with Crippen LogP contribution < -0.4 is 0 Å². The number of carboxylic acid groups (broad SMARTS) is 2. The van der Waals surface area contributed by atoms with E-state index in [4.69, 9.17) is 14.9 Å². The van der Waals surface area contributed by atoms with Crippen LogP contribution in [0.4, 0.5) is 0 Å². The van der Waals surface area contributed by atoms with E-state index < -0.39 is 41.6 Å². The lowest BCUT2D eigenvalue weighted by atomic mass is 9.82. The third kappa shape index (κ3) is 8.42. The second-order valence-electron chi connectivity index (χ2n) is 6.49. The van der Waals surface area contributed by atoms with Crippen molar-refractivity contribution in [3.63, 3.8) is 0 Å². The highest BCUT2D eigenvalue weighted by atomic mass is 16.5. The van der Waals surface area contributed by atoms with E-state index >= 15 is 0 Å². The zero-order valence-electron chi connectivity index (χ0n) is 15.5. The molecule has 26 heavy (non-hydrogen) atoms. The molecule has 8 heteroatoms. The van der Waals surface area contributed by atoms with Crippen LogP contribution in [0, 0.1) is 5.92 Å². The van der Waals surface area contributed by atoms with Crippen molar-refractivity contribution < 1.29 is 39.2 Å². The van der Waals surface area contributed by atoms with E-state index in [1.165, 1.54) is 19.3 Å². The van der Waals surface area contributed by atoms with E-state index in [9.17, 15) is 24.3 Å². The Bertz CT molecular complexity index is 488. The fourth-order valence-electron chi connectivity index (χ4n) is 2.72. The monoisotopic (exact) mass is 374 g/mol. The van der Waals surface area contributed by atoms with Crippen LogP contribution in [0.5, 0.6) is 0 Å². The van der Waals surface area contributed by atoms with Gasteiger partial charge in [-0.3, -0.25) is 14.4 Å². The Kier molecular flexibility index (Phi) is 11.5. The van der Waals surface area contributed by atoms with Gasteiger partial charge in [0.2, 0.25) is 0 Å². The summed E-state index contributed by atoms with van der Waals surface area (Å²) in [6.07, 6.45) is 6.90. The number of aliphatic carboxylic acids is 2. The number of carbonyl (C=O) groups excluding carboxylic acids is 2. The van der Waals surface area contributed by atoms with E-state index in [-0.39, 0.29) is 6.61 Å². The first-order chi connectivity index (χ1) is 12.2. The van der Waals surface area contributed by atoms with E-state index in [0.717, 1.165) is 32.6 Å². The number of ketones is 1. The molecule has 0 spiro atoms. The molecule has 0 aliphatic rings. The highest BCUT2D eigenvalue weighted by Crippen LogP contribution is 2.25. The Balaban J connectivity index is 4.50. The molecule has 0 aliphatic heterocycles. The summed E-state index contributed by atoms with van der Waals surface area (Å²) in [6.45, 7) is 3.04. The van der Waals surface area contributed by atoms with E-state index in [1.807, 2.05) is 0 Å². The van der Waals surface area contributed by atoms with Gasteiger partial charge in [-0.25, -0.2) is 4.79 Å². The first-order valence-electron chi connectivity index (χ1n) is 9.01. The average Bonchev–Trinajstić information content (AvgIpc) is 2.52. The minimum atomic E-state index is -3.03. The lowest BCUT2D eigenvalue weighted by Crippen LogP contribution is -2.54. The van der Waals surface area contributed by atoms with Crippen molar-refractivity contribution in [3.8, 4) is 0 Å². The maximum absolute atomic E-state index is 12.1. The highest BCUT2D eigenvalue weighted by Gasteiger charge is 2.53. The van der Waals surface area contributed by atoms with Gasteiger partial charge in [-0.1, -0.05) is 51.9 Å². The van der Waals surface area contributed by atoms with Crippen LogP contribution in [0.2, 0.25) is 0 Å². The summed E-state index contributed by atoms with van der Waals surface area (Å²) in [5, 5.41) is 28.0. The molecule has 8 nitrogen and oxygen atoms in total. The van der Waals surface area contributed by atoms with Crippen molar-refractivity contribution in [2.75, 3.05) is 6.61 Å². The summed E-state index contributed by atoms with van der Waals surface area (Å²) in [5.41, 5.74) is -3.03. The standard InChI is InChI=1S/C18H30O8/c1-3-4-5-6-7-8-9-10-11-26-16(22)15(13(2)19)18(25,17(23)24)12-14(20)21/h15,25H,3-12H2,1-2H3,(H,20,21)(H,23,24). The van der Waals surface area contributed by atoms with Gasteiger partial charge in [-0.2, -0.15) is 0 Å². The van der Waals surface area contributed by atoms with Gasteiger partial charge in [0, 0.05) is 0 Å². The molecular weight excluding hydrogens is 344 g/mol. The normalized spacial score (nSPS) is 14.3. The van der Waals surface area contributed by atoms with Crippen molar-refractivity contribution in [1.82, 2.24) is 0 Å². The smallest absolute Gasteiger partial charge is 0.337 e. The third-order valence-electron chi connectivity index (χ3n) is 4.15. The molecule has 0 radical (unpaired) electrons. The molecule has 0 bridgehead atoms. The molecule has 150 valence electrons. The molecule has 0 amide bonds. The van der Waals surface area contributed by atoms with Gasteiger partial charge in [0.15, 0.2) is 11.5 Å². The summed E-state index contributed by atoms with van der Waals surface area (Å²) in [6, 6.07) is 0. The number of esters is 1. The van der Waals surface area contributed by atoms with Gasteiger partial charge in [-0.15, -0.1) is 0 Å². The Morgan fingerprint density at radius 2 is 1.42 bits per heavy atom. The second-order valence-corrected chi connectivity index (χ2v) is 6.49. The molecule has 0 aromatic carbocycles. The lowest BCUT2D eigenvalue weighted by molar-refractivity contribution is -0.182. The molecule has 0 saturated carbocycles. The fraction of sp³-hybridized carbons (Fsp3) is 0.778. The van der Waals surface area contributed by atoms with Gasteiger partial charge in [0.25, 0.3) is 0 Å². The Morgan fingerprint density at radius 1 is 0.923 bits per heavy atom. The summed E-state index contributed by atoms with van der Waals surface area (Å²) < 4.78 is 4.91. The number of hydrogen-bond donors (Lipinski definition) is 3. The molecule has 0 fully saturated rings. The number of hydrogen-bond acceptors (Lipinski definition) is 6. The Labute approximate surface area is 153 Å². The number of ether oxygens (including phenoxy) is 1. The lowest BCUT2D eigenvalue weighted by Gasteiger charge is -2.27. The van der Waals surface area contributed by atoms with Gasteiger partial charge in [0.1, 0.15) is 5.78 Å². The Hall–Kier alpha value is -1.96. The molecule has 0 aromatic rings. The molecule has 3 N–H and O–H groups in total. The third-order valence-corrected chi connectivity index (χ3v) is 4.15. The van der Waals surface area contributed by atoms with Crippen LogP contribution in [-0.2, 0) is 23.9 Å². The molecule has 0 rings (SSSR count). The predicted molar refractivity (Wildman–Crippen MR) is 92.6 cm³/mol. The van der Waals surface area contributed by atoms with Gasteiger partial charge < -0.3 is 20.1 Å². The predicted octanol–water partition coefficient (Wildman–Crippen LogP) is 2.17. The van der Waals surface area contributed by atoms with Gasteiger partial charge >= 0.3 is 17.9 Å². The van der Waals surface area contributed by atoms with Crippen LogP contribution in [0.1, 0.15) is 71.6 Å². The molecular formula is C18H30O8. The first-order valence-corrected chi connectivity index (χ1v) is 9.01. The number of carbonyl (C=O) groups is 4. The highest BCUT2D eigenvalue weighted by molar-refractivity contribution is 6.05. The maximum Gasteiger partial charge on any atom is 0.337 e. The fourth-order valence-corrected chi connectivity index (χ4v) is 2.72. The van der Waals surface area contributed by atoms with Gasteiger partial charge in [0.05, 0.1) is 13.0 Å². The number of rotatable bonds is 15. The van der Waals surface area contributed by atoms with E-state index in [0.29, 0.717) is 6.42 Å². The van der Waals surface area contributed by atoms with Crippen molar-refractivity contribution in [1.29, 1.82) is 0 Å². The first kappa shape index (κ1) is 24.0. The largest absolute Gasteiger partial charge is 0.481 e. The number of unbranched alkanes of at least 4 members (excludes halogenated alkanes) is 7. The Morgan fingerprint density at radius 3 is 1.85 bits per heavy atom. The number of aliphatic hydroxyl groups is 1. The number of carboxylic acids is 2. The molecule has 2 unspecified atom stereocenters. The summed E-state index contributed by atoms with van der Waals surface area (Å²) in [4.78, 5) is 45.8. The second kappa shape index (κ2) is 12.4. The molecule has 0 aromatic heterocycles. The topological polar surface area (TPSA) is 138 Å². The van der Waals surface area contributed by atoms with Crippen LogP contribution in [-0.4, -0.2) is 51.2 Å². The number of Topliss-reactive ketones (excluding diaryl/α,β-unsaturated/α-hetero) is 1. The summed E-state index contributed by atoms with van der Waals surface area (Å²) in [5.74, 6) is -7.85. The minimum absolute atomic E-state index is 0.0135. The summed E-state index contributed by atoms with van der Waals surface area (Å²) in [7, 11) is 0. The van der Waals surface area contributed by atoms with Crippen molar-refractivity contribution >= 4 is 23.7 Å². The van der Waals surface area contributed by atoms with Crippen molar-refractivity contribution in [3.05, 3.63) is 0 Å². The zero-order valence-corrected chi connectivity index (χ0v) is 15.5. The van der Waals surface area contributed by atoms with E-state index in [1.54, 1.807) is 0 Å². The summed E-state index contributed by atoms with van der Waals surface area (Å²) >= 11 is 0. The maximum atomic E-state index is 12.1. The molecule has 0 aliphatic carbocycles. The molecule has 0 heterocycles.